The van der Waals surface area contributed by atoms with Crippen LogP contribution in [0.5, 0.6) is 0 Å². The molecule has 1 rings (SSSR count). The van der Waals surface area contributed by atoms with Gasteiger partial charge in [0, 0.05) is 11.8 Å². The van der Waals surface area contributed by atoms with Gasteiger partial charge in [-0.2, -0.15) is 0 Å². The Hall–Kier alpha value is -2.00. The Morgan fingerprint density at radius 3 is 2.55 bits per heavy atom. The number of carbonyl (C=O) groups excluding carboxylic acids is 1. The van der Waals surface area contributed by atoms with E-state index in [1.165, 1.54) is 16.7 Å². The zero-order chi connectivity index (χ0) is 15.3. The smallest absolute Gasteiger partial charge is 0.326 e. The van der Waals surface area contributed by atoms with Gasteiger partial charge >= 0.3 is 11.9 Å². The van der Waals surface area contributed by atoms with Gasteiger partial charge < -0.3 is 21.3 Å². The van der Waals surface area contributed by atoms with Crippen LogP contribution in [0.25, 0.3) is 0 Å². The van der Waals surface area contributed by atoms with Crippen LogP contribution in [0.15, 0.2) is 5.38 Å². The van der Waals surface area contributed by atoms with Crippen molar-refractivity contribution in [3.05, 3.63) is 16.1 Å². The summed E-state index contributed by atoms with van der Waals surface area (Å²) in [4.78, 5) is 37.2. The van der Waals surface area contributed by atoms with Gasteiger partial charge in [0.2, 0.25) is 0 Å². The highest BCUT2D eigenvalue weighted by Gasteiger charge is 2.23. The fourth-order valence-corrected chi connectivity index (χ4v) is 2.12. The first-order valence-electron chi connectivity index (χ1n) is 5.77. The molecule has 8 nitrogen and oxygen atoms in total. The topological polar surface area (TPSA) is 143 Å². The van der Waals surface area contributed by atoms with Crippen LogP contribution in [0.4, 0.5) is 0 Å². The molecule has 1 amide bonds. The van der Waals surface area contributed by atoms with Crippen molar-refractivity contribution >= 4 is 29.2 Å². The summed E-state index contributed by atoms with van der Waals surface area (Å²) in [5, 5.41) is 21.7. The van der Waals surface area contributed by atoms with Crippen LogP contribution in [-0.2, 0) is 9.59 Å². The molecule has 1 aromatic rings. The second-order valence-corrected chi connectivity index (χ2v) is 5.05. The highest BCUT2D eigenvalue weighted by atomic mass is 32.1. The van der Waals surface area contributed by atoms with Gasteiger partial charge in [-0.25, -0.2) is 9.78 Å². The van der Waals surface area contributed by atoms with Crippen LogP contribution in [0.1, 0.15) is 41.3 Å². The summed E-state index contributed by atoms with van der Waals surface area (Å²) in [5.41, 5.74) is 5.69. The number of hydrogen-bond donors (Lipinski definition) is 4. The minimum absolute atomic E-state index is 0.0730. The van der Waals surface area contributed by atoms with Crippen LogP contribution in [-0.4, -0.2) is 39.1 Å². The van der Waals surface area contributed by atoms with Crippen LogP contribution in [0.2, 0.25) is 0 Å². The first-order valence-corrected chi connectivity index (χ1v) is 6.65. The number of hydrogen-bond acceptors (Lipinski definition) is 6. The molecule has 0 aliphatic heterocycles. The first-order chi connectivity index (χ1) is 9.31. The molecular formula is C11H15N3O5S. The number of nitrogens with one attached hydrogen (secondary N) is 1. The lowest BCUT2D eigenvalue weighted by atomic mass is 10.1. The average molecular weight is 301 g/mol. The minimum atomic E-state index is -1.29. The summed E-state index contributed by atoms with van der Waals surface area (Å²) in [5.74, 6) is -3.08. The highest BCUT2D eigenvalue weighted by Crippen LogP contribution is 2.16. The summed E-state index contributed by atoms with van der Waals surface area (Å²) < 4.78 is 0. The molecule has 0 bridgehead atoms. The lowest BCUT2D eigenvalue weighted by Crippen LogP contribution is -2.41. The van der Waals surface area contributed by atoms with Gasteiger partial charge in [0.1, 0.15) is 16.7 Å². The summed E-state index contributed by atoms with van der Waals surface area (Å²) >= 11 is 1.20. The van der Waals surface area contributed by atoms with Gasteiger partial charge in [0.05, 0.1) is 6.04 Å². The zero-order valence-corrected chi connectivity index (χ0v) is 11.5. The maximum atomic E-state index is 11.8. The van der Waals surface area contributed by atoms with Crippen molar-refractivity contribution in [2.24, 2.45) is 5.73 Å². The number of carbonyl (C=O) groups is 3. The van der Waals surface area contributed by atoms with Crippen molar-refractivity contribution in [3.8, 4) is 0 Å². The Balaban J connectivity index is 2.69. The van der Waals surface area contributed by atoms with Crippen LogP contribution in [0, 0.1) is 0 Å². The van der Waals surface area contributed by atoms with E-state index in [0.717, 1.165) is 0 Å². The standard InChI is InChI=1S/C11H15N3O5S/c1-5(12)10-14-7(4-20-10)9(17)13-6(11(18)19)2-3-8(15)16/h4-6H,2-3,12H2,1H3,(H,13,17)(H,15,16)(H,18,19). The maximum absolute atomic E-state index is 11.8. The van der Waals surface area contributed by atoms with Crippen LogP contribution < -0.4 is 11.1 Å². The third kappa shape index (κ3) is 4.59. The number of aromatic nitrogens is 1. The number of aliphatic carboxylic acids is 2. The van der Waals surface area contributed by atoms with Gasteiger partial charge in [0.15, 0.2) is 0 Å². The lowest BCUT2D eigenvalue weighted by Gasteiger charge is -2.12. The molecule has 5 N–H and O–H groups in total. The Morgan fingerprint density at radius 2 is 2.10 bits per heavy atom. The van der Waals surface area contributed by atoms with E-state index in [1.54, 1.807) is 6.92 Å². The number of nitrogens with zero attached hydrogens (tertiary/aromatic N) is 1. The molecule has 2 unspecified atom stereocenters. The molecule has 1 heterocycles. The Morgan fingerprint density at radius 1 is 1.45 bits per heavy atom. The van der Waals surface area contributed by atoms with E-state index in [9.17, 15) is 14.4 Å². The molecule has 9 heteroatoms. The molecule has 0 fully saturated rings. The molecule has 0 radical (unpaired) electrons. The molecule has 0 aliphatic carbocycles. The molecule has 0 saturated heterocycles. The van der Waals surface area contributed by atoms with Crippen molar-refractivity contribution in [2.45, 2.75) is 31.8 Å². The van der Waals surface area contributed by atoms with E-state index >= 15 is 0 Å². The van der Waals surface area contributed by atoms with Gasteiger partial charge in [-0.3, -0.25) is 9.59 Å². The molecule has 2 atom stereocenters. The van der Waals surface area contributed by atoms with Crippen molar-refractivity contribution in [1.82, 2.24) is 10.3 Å². The molecular weight excluding hydrogens is 286 g/mol. The average Bonchev–Trinajstić information content (AvgIpc) is 2.83. The summed E-state index contributed by atoms with van der Waals surface area (Å²) in [7, 11) is 0. The van der Waals surface area contributed by atoms with Crippen LogP contribution >= 0.6 is 11.3 Å². The molecule has 0 aliphatic rings. The fraction of sp³-hybridized carbons (Fsp3) is 0.455. The summed E-state index contributed by atoms with van der Waals surface area (Å²) in [6.45, 7) is 1.72. The molecule has 0 spiro atoms. The minimum Gasteiger partial charge on any atom is -0.481 e. The fourth-order valence-electron chi connectivity index (χ4n) is 1.36. The first kappa shape index (κ1) is 16.1. The van der Waals surface area contributed by atoms with E-state index in [0.29, 0.717) is 5.01 Å². The molecule has 110 valence electrons. The zero-order valence-electron chi connectivity index (χ0n) is 10.7. The third-order valence-corrected chi connectivity index (χ3v) is 3.44. The van der Waals surface area contributed by atoms with E-state index < -0.39 is 23.9 Å². The third-order valence-electron chi connectivity index (χ3n) is 2.39. The van der Waals surface area contributed by atoms with Gasteiger partial charge in [-0.05, 0) is 13.3 Å². The lowest BCUT2D eigenvalue weighted by molar-refractivity contribution is -0.140. The van der Waals surface area contributed by atoms with Crippen molar-refractivity contribution in [2.75, 3.05) is 0 Å². The quantitative estimate of drug-likeness (QED) is 0.563. The van der Waals surface area contributed by atoms with E-state index in [1.807, 2.05) is 0 Å². The monoisotopic (exact) mass is 301 g/mol. The van der Waals surface area contributed by atoms with Gasteiger partial charge in [-0.1, -0.05) is 0 Å². The molecule has 0 saturated carbocycles. The Kier molecular flexibility index (Phi) is 5.59. The normalized spacial score (nSPS) is 13.5. The number of thiazole rings is 1. The SMILES string of the molecule is CC(N)c1nc(C(=O)NC(CCC(=O)O)C(=O)O)cs1. The van der Waals surface area contributed by atoms with E-state index in [-0.39, 0.29) is 24.6 Å². The van der Waals surface area contributed by atoms with E-state index in [2.05, 4.69) is 10.3 Å². The second kappa shape index (κ2) is 6.96. The molecule has 1 aromatic heterocycles. The second-order valence-electron chi connectivity index (χ2n) is 4.16. The summed E-state index contributed by atoms with van der Waals surface area (Å²) in [6.07, 6.45) is -0.542. The highest BCUT2D eigenvalue weighted by molar-refractivity contribution is 7.09. The number of carboxylic acid groups (broad SMARTS) is 2. The van der Waals surface area contributed by atoms with Crippen LogP contribution in [0.3, 0.4) is 0 Å². The molecule has 0 aromatic carbocycles. The van der Waals surface area contributed by atoms with Crippen molar-refractivity contribution in [1.29, 1.82) is 0 Å². The Labute approximate surface area is 118 Å². The summed E-state index contributed by atoms with van der Waals surface area (Å²) in [6, 6.07) is -1.58. The molecule has 20 heavy (non-hydrogen) atoms. The maximum Gasteiger partial charge on any atom is 0.326 e. The number of nitrogens with two attached hydrogens (primary N) is 1. The number of rotatable bonds is 7. The van der Waals surface area contributed by atoms with Crippen molar-refractivity contribution < 1.29 is 24.6 Å². The largest absolute Gasteiger partial charge is 0.481 e. The number of amides is 1. The van der Waals surface area contributed by atoms with Crippen molar-refractivity contribution in [3.63, 3.8) is 0 Å². The predicted molar refractivity (Wildman–Crippen MR) is 70.5 cm³/mol. The van der Waals surface area contributed by atoms with Gasteiger partial charge in [-0.15, -0.1) is 11.3 Å². The van der Waals surface area contributed by atoms with Gasteiger partial charge in [0.25, 0.3) is 5.91 Å². The predicted octanol–water partition coefficient (Wildman–Crippen LogP) is 0.211. The van der Waals surface area contributed by atoms with E-state index in [4.69, 9.17) is 15.9 Å². The Bertz CT molecular complexity index is 514. The number of carboxylic acids is 2.